The van der Waals surface area contributed by atoms with Crippen molar-refractivity contribution in [2.75, 3.05) is 6.61 Å². The van der Waals surface area contributed by atoms with Gasteiger partial charge in [0.1, 0.15) is 0 Å². The molecule has 1 saturated heterocycles. The molecule has 0 aromatic heterocycles. The molecule has 5 nitrogen and oxygen atoms in total. The number of piperidine rings is 1. The highest BCUT2D eigenvalue weighted by molar-refractivity contribution is 7.89. The summed E-state index contributed by atoms with van der Waals surface area (Å²) >= 11 is 0. The molecule has 0 aliphatic carbocycles. The predicted octanol–water partition coefficient (Wildman–Crippen LogP) is 4.33. The van der Waals surface area contributed by atoms with Crippen molar-refractivity contribution in [1.82, 2.24) is 4.31 Å². The largest absolute Gasteiger partial charge is 0.414 e. The average Bonchev–Trinajstić information content (AvgIpc) is 2.62. The number of aliphatic hydroxyl groups excluding tert-OH is 1. The number of benzene rings is 1. The number of hydrogen-bond donors (Lipinski definition) is 1. The number of sulfonamides is 1. The molecule has 1 aromatic carbocycles. The topological polar surface area (TPSA) is 66.8 Å². The Morgan fingerprint density at radius 3 is 2.28 bits per heavy atom. The molecular weight excluding hydrogens is 402 g/mol. The summed E-state index contributed by atoms with van der Waals surface area (Å²) in [6, 6.07) is 5.85. The first kappa shape index (κ1) is 24.3. The Balaban J connectivity index is 2.42. The van der Waals surface area contributed by atoms with Gasteiger partial charge < -0.3 is 9.53 Å². The van der Waals surface area contributed by atoms with E-state index < -0.39 is 30.4 Å². The van der Waals surface area contributed by atoms with Crippen LogP contribution in [0.1, 0.15) is 39.7 Å². The number of rotatable bonds is 6. The van der Waals surface area contributed by atoms with E-state index in [2.05, 4.69) is 40.4 Å². The first-order chi connectivity index (χ1) is 13.3. The van der Waals surface area contributed by atoms with Crippen molar-refractivity contribution in [3.05, 3.63) is 42.5 Å². The maximum Gasteiger partial charge on any atom is 0.243 e. The Bertz CT molecular complexity index is 814. The minimum atomic E-state index is -3.77. The second-order valence-corrected chi connectivity index (χ2v) is 16.3. The second-order valence-electron chi connectivity index (χ2n) is 9.71. The Labute approximate surface area is 178 Å². The van der Waals surface area contributed by atoms with Crippen molar-refractivity contribution in [2.45, 2.75) is 82.3 Å². The van der Waals surface area contributed by atoms with Crippen LogP contribution in [0.3, 0.4) is 0 Å². The molecule has 1 aliphatic heterocycles. The summed E-state index contributed by atoms with van der Waals surface area (Å²) in [5.41, 5.74) is 0.998. The zero-order valence-electron chi connectivity index (χ0n) is 18.8. The fourth-order valence-corrected chi connectivity index (χ4v) is 6.92. The van der Waals surface area contributed by atoms with E-state index in [-0.39, 0.29) is 28.6 Å². The third kappa shape index (κ3) is 4.85. The maximum absolute atomic E-state index is 13.5. The summed E-state index contributed by atoms with van der Waals surface area (Å²) < 4.78 is 35.0. The van der Waals surface area contributed by atoms with Gasteiger partial charge in [-0.25, -0.2) is 8.42 Å². The molecule has 164 valence electrons. The van der Waals surface area contributed by atoms with Gasteiger partial charge in [-0.1, -0.05) is 51.5 Å². The molecule has 7 heteroatoms. The molecule has 0 spiro atoms. The van der Waals surface area contributed by atoms with Crippen molar-refractivity contribution in [1.29, 1.82) is 0 Å². The second kappa shape index (κ2) is 8.63. The van der Waals surface area contributed by atoms with Gasteiger partial charge in [-0.05, 0) is 43.6 Å². The van der Waals surface area contributed by atoms with Crippen LogP contribution in [0.25, 0.3) is 0 Å². The molecule has 1 aliphatic rings. The lowest BCUT2D eigenvalue weighted by Crippen LogP contribution is -2.60. The van der Waals surface area contributed by atoms with Gasteiger partial charge >= 0.3 is 0 Å². The Kier molecular flexibility index (Phi) is 7.22. The van der Waals surface area contributed by atoms with Gasteiger partial charge in [0.2, 0.25) is 10.0 Å². The summed E-state index contributed by atoms with van der Waals surface area (Å²) in [6.45, 7) is 18.5. The van der Waals surface area contributed by atoms with E-state index in [1.807, 2.05) is 13.8 Å². The van der Waals surface area contributed by atoms with Gasteiger partial charge in [0, 0.05) is 12.0 Å². The molecule has 1 fully saturated rings. The molecular formula is C22H37NO4SSi. The Hall–Kier alpha value is -0.993. The van der Waals surface area contributed by atoms with Gasteiger partial charge in [0.25, 0.3) is 0 Å². The van der Waals surface area contributed by atoms with Crippen LogP contribution in [0, 0.1) is 12.8 Å². The molecule has 1 N–H and O–H groups in total. The molecule has 0 amide bonds. The van der Waals surface area contributed by atoms with Crippen LogP contribution in [-0.4, -0.2) is 50.9 Å². The van der Waals surface area contributed by atoms with Gasteiger partial charge in [-0.3, -0.25) is 0 Å². The van der Waals surface area contributed by atoms with Crippen molar-refractivity contribution >= 4 is 18.3 Å². The standard InChI is InChI=1S/C22H37NO4SSi/c1-9-18-14-21(27-29(7,8)22(4,5)6)17(3)20(15-24)23(18)28(25,26)19-12-10-16(2)11-13-19/h9-13,17-18,20-21,24H,1,14-15H2,2-8H3/t17-,18+,20-,21+/m1/s1. The van der Waals surface area contributed by atoms with E-state index in [1.54, 1.807) is 30.3 Å². The van der Waals surface area contributed by atoms with Crippen LogP contribution < -0.4 is 0 Å². The highest BCUT2D eigenvalue weighted by Crippen LogP contribution is 2.42. The highest BCUT2D eigenvalue weighted by Gasteiger charge is 2.49. The van der Waals surface area contributed by atoms with Crippen LogP contribution in [0.4, 0.5) is 0 Å². The Morgan fingerprint density at radius 1 is 1.28 bits per heavy atom. The lowest BCUT2D eigenvalue weighted by atomic mass is 9.86. The van der Waals surface area contributed by atoms with E-state index in [0.29, 0.717) is 6.42 Å². The number of hydrogen-bond acceptors (Lipinski definition) is 4. The zero-order chi connectivity index (χ0) is 22.2. The summed E-state index contributed by atoms with van der Waals surface area (Å²) in [7, 11) is -5.81. The molecule has 0 unspecified atom stereocenters. The van der Waals surface area contributed by atoms with Crippen molar-refractivity contribution in [3.63, 3.8) is 0 Å². The lowest BCUT2D eigenvalue weighted by Gasteiger charge is -2.49. The summed E-state index contributed by atoms with van der Waals surface area (Å²) in [6.07, 6.45) is 2.08. The van der Waals surface area contributed by atoms with Gasteiger partial charge in [-0.15, -0.1) is 6.58 Å². The monoisotopic (exact) mass is 439 g/mol. The molecule has 29 heavy (non-hydrogen) atoms. The maximum atomic E-state index is 13.5. The summed E-state index contributed by atoms with van der Waals surface area (Å²) in [5, 5.41) is 10.2. The molecule has 0 saturated carbocycles. The lowest BCUT2D eigenvalue weighted by molar-refractivity contribution is -0.00361. The van der Waals surface area contributed by atoms with Crippen LogP contribution in [0.15, 0.2) is 41.8 Å². The van der Waals surface area contributed by atoms with Gasteiger partial charge in [0.15, 0.2) is 8.32 Å². The SMILES string of the molecule is C=C[C@H]1C[C@H](O[Si](C)(C)C(C)(C)C)[C@H](C)[C@@H](CO)N1S(=O)(=O)c1ccc(C)cc1. The molecule has 0 bridgehead atoms. The summed E-state index contributed by atoms with van der Waals surface area (Å²) in [4.78, 5) is 0.240. The minimum Gasteiger partial charge on any atom is -0.414 e. The third-order valence-corrected chi connectivity index (χ3v) is 13.1. The number of aryl methyl sites for hydroxylation is 1. The van der Waals surface area contributed by atoms with Crippen molar-refractivity contribution in [2.24, 2.45) is 5.92 Å². The van der Waals surface area contributed by atoms with Crippen LogP contribution >= 0.6 is 0 Å². The predicted molar refractivity (Wildman–Crippen MR) is 121 cm³/mol. The van der Waals surface area contributed by atoms with E-state index in [1.165, 1.54) is 4.31 Å². The third-order valence-electron chi connectivity index (χ3n) is 6.63. The van der Waals surface area contributed by atoms with Gasteiger partial charge in [0.05, 0.1) is 23.6 Å². The average molecular weight is 440 g/mol. The van der Waals surface area contributed by atoms with E-state index >= 15 is 0 Å². The fraction of sp³-hybridized carbons (Fsp3) is 0.636. The number of aliphatic hydroxyl groups is 1. The van der Waals surface area contributed by atoms with E-state index in [4.69, 9.17) is 4.43 Å². The molecule has 4 atom stereocenters. The highest BCUT2D eigenvalue weighted by atomic mass is 32.2. The quantitative estimate of drug-likeness (QED) is 0.529. The van der Waals surface area contributed by atoms with Gasteiger partial charge in [-0.2, -0.15) is 4.31 Å². The van der Waals surface area contributed by atoms with Crippen molar-refractivity contribution < 1.29 is 18.0 Å². The minimum absolute atomic E-state index is 0.0518. The zero-order valence-corrected chi connectivity index (χ0v) is 20.7. The molecule has 2 rings (SSSR count). The number of nitrogens with zero attached hydrogens (tertiary/aromatic N) is 1. The van der Waals surface area contributed by atoms with Crippen molar-refractivity contribution in [3.8, 4) is 0 Å². The smallest absolute Gasteiger partial charge is 0.243 e. The summed E-state index contributed by atoms with van der Waals surface area (Å²) in [5.74, 6) is -0.134. The molecule has 1 heterocycles. The molecule has 0 radical (unpaired) electrons. The fourth-order valence-electron chi connectivity index (χ4n) is 3.63. The van der Waals surface area contributed by atoms with Crippen LogP contribution in [0.2, 0.25) is 18.1 Å². The Morgan fingerprint density at radius 2 is 1.83 bits per heavy atom. The molecule has 1 aromatic rings. The van der Waals surface area contributed by atoms with Crippen LogP contribution in [0.5, 0.6) is 0 Å². The normalized spacial score (nSPS) is 27.0. The van der Waals surface area contributed by atoms with Crippen LogP contribution in [-0.2, 0) is 14.4 Å². The first-order valence-electron chi connectivity index (χ1n) is 10.3. The van der Waals surface area contributed by atoms with E-state index in [9.17, 15) is 13.5 Å². The first-order valence-corrected chi connectivity index (χ1v) is 14.6. The van der Waals surface area contributed by atoms with E-state index in [0.717, 1.165) is 5.56 Å².